The third-order valence-corrected chi connectivity index (χ3v) is 7.37. The largest absolute Gasteiger partial charge is 0.481 e. The van der Waals surface area contributed by atoms with Gasteiger partial charge in [-0.25, -0.2) is 0 Å². The Balaban J connectivity index is 2.06. The Morgan fingerprint density at radius 2 is 2.00 bits per heavy atom. The van der Waals surface area contributed by atoms with Gasteiger partial charge in [-0.1, -0.05) is 32.4 Å². The summed E-state index contributed by atoms with van der Waals surface area (Å²) in [5, 5.41) is 9.90. The number of esters is 1. The smallest absolute Gasteiger partial charge is 0.309 e. The highest BCUT2D eigenvalue weighted by Gasteiger charge is 2.57. The number of allylic oxidation sites excluding steroid dienone is 1. The minimum Gasteiger partial charge on any atom is -0.481 e. The lowest BCUT2D eigenvalue weighted by Crippen LogP contribution is -2.53. The lowest BCUT2D eigenvalue weighted by Gasteiger charge is -2.57. The van der Waals surface area contributed by atoms with Crippen molar-refractivity contribution in [2.75, 3.05) is 6.61 Å². The minimum atomic E-state index is -0.630. The van der Waals surface area contributed by atoms with E-state index < -0.39 is 11.4 Å². The van der Waals surface area contributed by atoms with Gasteiger partial charge in [0.05, 0.1) is 12.0 Å². The molecule has 0 spiro atoms. The number of hydrogen-bond acceptors (Lipinski definition) is 3. The van der Waals surface area contributed by atoms with Crippen molar-refractivity contribution in [3.63, 3.8) is 0 Å². The number of carbonyl (C=O) groups is 2. The second-order valence-corrected chi connectivity index (χ2v) is 9.20. The highest BCUT2D eigenvalue weighted by Crippen LogP contribution is 2.62. The van der Waals surface area contributed by atoms with E-state index in [1.54, 1.807) is 0 Å². The highest BCUT2D eigenvalue weighted by molar-refractivity contribution is 5.75. The lowest BCUT2D eigenvalue weighted by atomic mass is 9.46. The third kappa shape index (κ3) is 4.15. The predicted octanol–water partition coefficient (Wildman–Crippen LogP) is 5.22. The summed E-state index contributed by atoms with van der Waals surface area (Å²) >= 11 is 0. The Morgan fingerprint density at radius 3 is 2.62 bits per heavy atom. The van der Waals surface area contributed by atoms with Crippen molar-refractivity contribution in [1.29, 1.82) is 0 Å². The van der Waals surface area contributed by atoms with Crippen LogP contribution in [-0.2, 0) is 14.3 Å². The van der Waals surface area contributed by atoms with Crippen molar-refractivity contribution in [3.8, 4) is 0 Å². The van der Waals surface area contributed by atoms with Crippen LogP contribution in [0.4, 0.5) is 0 Å². The molecule has 0 unspecified atom stereocenters. The minimum absolute atomic E-state index is 0.0380. The van der Waals surface area contributed by atoms with Gasteiger partial charge < -0.3 is 9.84 Å². The van der Waals surface area contributed by atoms with E-state index in [2.05, 4.69) is 20.4 Å². The first-order valence-electron chi connectivity index (χ1n) is 10.2. The molecule has 0 aliphatic heterocycles. The molecule has 2 rings (SSSR count). The molecule has 0 amide bonds. The summed E-state index contributed by atoms with van der Waals surface area (Å²) in [6.07, 6.45) is 7.80. The van der Waals surface area contributed by atoms with Gasteiger partial charge in [-0.2, -0.15) is 0 Å². The summed E-state index contributed by atoms with van der Waals surface area (Å²) in [6.45, 7) is 12.8. The molecule has 0 aromatic carbocycles. The molecule has 2 fully saturated rings. The lowest BCUT2D eigenvalue weighted by molar-refractivity contribution is -0.164. The molecule has 1 N–H and O–H groups in total. The number of hydrogen-bond donors (Lipinski definition) is 1. The molecule has 0 aromatic heterocycles. The Bertz CT molecular complexity index is 554. The van der Waals surface area contributed by atoms with Crippen LogP contribution in [0, 0.1) is 28.6 Å². The first-order valence-corrected chi connectivity index (χ1v) is 10.2. The second kappa shape index (κ2) is 8.14. The van der Waals surface area contributed by atoms with E-state index in [0.29, 0.717) is 18.4 Å². The monoisotopic (exact) mass is 364 g/mol. The quantitative estimate of drug-likeness (QED) is 0.497. The van der Waals surface area contributed by atoms with Gasteiger partial charge in [0.25, 0.3) is 0 Å². The van der Waals surface area contributed by atoms with Crippen molar-refractivity contribution in [3.05, 3.63) is 12.2 Å². The van der Waals surface area contributed by atoms with Crippen molar-refractivity contribution in [2.45, 2.75) is 79.1 Å². The van der Waals surface area contributed by atoms with Gasteiger partial charge in [0.15, 0.2) is 0 Å². The fraction of sp³-hybridized carbons (Fsp3) is 0.818. The summed E-state index contributed by atoms with van der Waals surface area (Å²) < 4.78 is 5.06. The van der Waals surface area contributed by atoms with E-state index in [4.69, 9.17) is 4.74 Å². The standard InChI is InChI=1S/C22H36O4/c1-15(11-14-26-17(3)23)7-9-18-16(2)8-10-19-21(18,4)12-6-13-22(19,5)20(24)25/h15,18-19H,2,6-14H2,1,3-5H3,(H,24,25)/t15-,18-,19+,21+,22+/m0/s1. The normalized spacial score (nSPS) is 35.5. The number of carbonyl (C=O) groups excluding carboxylic acids is 1. The van der Waals surface area contributed by atoms with Gasteiger partial charge in [-0.05, 0) is 75.0 Å². The zero-order valence-corrected chi connectivity index (χ0v) is 17.0. The van der Waals surface area contributed by atoms with Crippen LogP contribution in [0.5, 0.6) is 0 Å². The van der Waals surface area contributed by atoms with Crippen LogP contribution in [0.1, 0.15) is 79.1 Å². The Kier molecular flexibility index (Phi) is 6.57. The van der Waals surface area contributed by atoms with Gasteiger partial charge in [0.2, 0.25) is 0 Å². The fourth-order valence-corrected chi connectivity index (χ4v) is 5.74. The van der Waals surface area contributed by atoms with Gasteiger partial charge in [-0.3, -0.25) is 9.59 Å². The van der Waals surface area contributed by atoms with Gasteiger partial charge >= 0.3 is 11.9 Å². The van der Waals surface area contributed by atoms with Crippen molar-refractivity contribution in [1.82, 2.24) is 0 Å². The highest BCUT2D eigenvalue weighted by atomic mass is 16.5. The van der Waals surface area contributed by atoms with Gasteiger partial charge in [0.1, 0.15) is 0 Å². The van der Waals surface area contributed by atoms with E-state index in [1.807, 2.05) is 6.92 Å². The summed E-state index contributed by atoms with van der Waals surface area (Å²) in [7, 11) is 0. The van der Waals surface area contributed by atoms with Gasteiger partial charge in [-0.15, -0.1) is 0 Å². The molecule has 5 atom stereocenters. The molecule has 2 saturated carbocycles. The second-order valence-electron chi connectivity index (χ2n) is 9.20. The molecular formula is C22H36O4. The first kappa shape index (κ1) is 21.0. The molecule has 0 aromatic rings. The van der Waals surface area contributed by atoms with Crippen LogP contribution in [-0.4, -0.2) is 23.7 Å². The summed E-state index contributed by atoms with van der Waals surface area (Å²) in [6, 6.07) is 0. The van der Waals surface area contributed by atoms with E-state index in [-0.39, 0.29) is 17.3 Å². The Hall–Kier alpha value is -1.32. The molecule has 0 bridgehead atoms. The average Bonchev–Trinajstić information content (AvgIpc) is 2.53. The zero-order chi connectivity index (χ0) is 19.5. The van der Waals surface area contributed by atoms with Crippen LogP contribution in [0.25, 0.3) is 0 Å². The number of carboxylic acids is 1. The maximum atomic E-state index is 12.0. The number of carboxylic acid groups (broad SMARTS) is 1. The zero-order valence-electron chi connectivity index (χ0n) is 17.0. The molecular weight excluding hydrogens is 328 g/mol. The van der Waals surface area contributed by atoms with Crippen molar-refractivity contribution in [2.24, 2.45) is 28.6 Å². The van der Waals surface area contributed by atoms with Crippen LogP contribution in [0.15, 0.2) is 12.2 Å². The number of ether oxygens (including phenoxy) is 1. The average molecular weight is 365 g/mol. The van der Waals surface area contributed by atoms with Crippen LogP contribution >= 0.6 is 0 Å². The SMILES string of the molecule is C=C1CC[C@@H]2[C@](C)(CCC[C@@]2(C)C(=O)O)[C@H]1CC[C@H](C)CCOC(C)=O. The Morgan fingerprint density at radius 1 is 1.31 bits per heavy atom. The Labute approximate surface area is 158 Å². The maximum Gasteiger partial charge on any atom is 0.309 e. The van der Waals surface area contributed by atoms with E-state index >= 15 is 0 Å². The van der Waals surface area contributed by atoms with Crippen molar-refractivity contribution < 1.29 is 19.4 Å². The summed E-state index contributed by atoms with van der Waals surface area (Å²) in [4.78, 5) is 22.9. The molecule has 148 valence electrons. The first-order chi connectivity index (χ1) is 12.1. The molecule has 2 aliphatic rings. The van der Waals surface area contributed by atoms with Gasteiger partial charge in [0, 0.05) is 6.92 Å². The van der Waals surface area contributed by atoms with E-state index in [1.165, 1.54) is 12.5 Å². The predicted molar refractivity (Wildman–Crippen MR) is 103 cm³/mol. The van der Waals surface area contributed by atoms with Crippen LogP contribution in [0.3, 0.4) is 0 Å². The fourth-order valence-electron chi connectivity index (χ4n) is 5.74. The molecule has 0 radical (unpaired) electrons. The topological polar surface area (TPSA) is 63.6 Å². The molecule has 0 heterocycles. The molecule has 0 saturated heterocycles. The van der Waals surface area contributed by atoms with Crippen molar-refractivity contribution >= 4 is 11.9 Å². The number of rotatable bonds is 7. The maximum absolute atomic E-state index is 12.0. The van der Waals surface area contributed by atoms with E-state index in [0.717, 1.165) is 51.4 Å². The third-order valence-electron chi connectivity index (χ3n) is 7.37. The van der Waals surface area contributed by atoms with Crippen LogP contribution in [0.2, 0.25) is 0 Å². The summed E-state index contributed by atoms with van der Waals surface area (Å²) in [5.74, 6) is 0.267. The summed E-state index contributed by atoms with van der Waals surface area (Å²) in [5.41, 5.74) is 0.744. The molecule has 2 aliphatic carbocycles. The molecule has 4 heteroatoms. The number of fused-ring (bicyclic) bond motifs is 1. The van der Waals surface area contributed by atoms with Crippen LogP contribution < -0.4 is 0 Å². The number of aliphatic carboxylic acids is 1. The van der Waals surface area contributed by atoms with E-state index in [9.17, 15) is 14.7 Å². The molecule has 26 heavy (non-hydrogen) atoms. The molecule has 4 nitrogen and oxygen atoms in total.